The molecule has 2 N–H and O–H groups in total. The first-order valence-corrected chi connectivity index (χ1v) is 6.56. The van der Waals surface area contributed by atoms with Crippen molar-refractivity contribution in [1.82, 2.24) is 5.32 Å². The molecule has 94 valence electrons. The van der Waals surface area contributed by atoms with Crippen molar-refractivity contribution in [2.45, 2.75) is 25.9 Å². The van der Waals surface area contributed by atoms with Gasteiger partial charge in [-0.15, -0.1) is 11.3 Å². The van der Waals surface area contributed by atoms with Crippen LogP contribution in [-0.2, 0) is 4.79 Å². The molecule has 0 spiro atoms. The molecule has 0 bridgehead atoms. The van der Waals surface area contributed by atoms with Crippen LogP contribution in [-0.4, -0.2) is 23.2 Å². The van der Waals surface area contributed by atoms with Gasteiger partial charge in [0.25, 0.3) is 0 Å². The van der Waals surface area contributed by atoms with Crippen molar-refractivity contribution in [2.24, 2.45) is 0 Å². The SMILES string of the molecule is CCC(C)(O)CNC(=O)C=Cc1ccc(Cl)s1. The molecule has 1 rings (SSSR count). The zero-order valence-corrected chi connectivity index (χ0v) is 11.4. The molecular formula is C12H16ClNO2S. The van der Waals surface area contributed by atoms with Crippen LogP contribution in [0, 0.1) is 0 Å². The van der Waals surface area contributed by atoms with E-state index in [1.54, 1.807) is 19.1 Å². The minimum absolute atomic E-state index is 0.219. The number of aliphatic hydroxyl groups is 1. The molecule has 1 heterocycles. The first-order valence-electron chi connectivity index (χ1n) is 5.36. The van der Waals surface area contributed by atoms with E-state index < -0.39 is 5.60 Å². The molecule has 5 heteroatoms. The fourth-order valence-corrected chi connectivity index (χ4v) is 2.00. The summed E-state index contributed by atoms with van der Waals surface area (Å²) in [5.74, 6) is -0.219. The topological polar surface area (TPSA) is 49.3 Å². The van der Waals surface area contributed by atoms with Crippen LogP contribution in [0.3, 0.4) is 0 Å². The van der Waals surface area contributed by atoms with E-state index in [0.29, 0.717) is 10.8 Å². The summed E-state index contributed by atoms with van der Waals surface area (Å²) in [6.07, 6.45) is 3.73. The van der Waals surface area contributed by atoms with Crippen molar-refractivity contribution in [2.75, 3.05) is 6.54 Å². The summed E-state index contributed by atoms with van der Waals surface area (Å²) < 4.78 is 0.693. The molecule has 1 atom stereocenters. The summed E-state index contributed by atoms with van der Waals surface area (Å²) in [4.78, 5) is 12.4. The lowest BCUT2D eigenvalue weighted by Crippen LogP contribution is -2.39. The summed E-state index contributed by atoms with van der Waals surface area (Å²) in [6, 6.07) is 3.63. The van der Waals surface area contributed by atoms with E-state index in [1.165, 1.54) is 17.4 Å². The molecular weight excluding hydrogens is 258 g/mol. The van der Waals surface area contributed by atoms with Crippen LogP contribution in [0.2, 0.25) is 4.34 Å². The summed E-state index contributed by atoms with van der Waals surface area (Å²) in [5, 5.41) is 12.4. The zero-order chi connectivity index (χ0) is 12.9. The molecule has 1 unspecified atom stereocenters. The molecule has 0 fully saturated rings. The first kappa shape index (κ1) is 14.2. The van der Waals surface area contributed by atoms with Crippen molar-refractivity contribution >= 4 is 34.9 Å². The molecule has 1 aromatic rings. The summed E-state index contributed by atoms with van der Waals surface area (Å²) in [7, 11) is 0. The van der Waals surface area contributed by atoms with Crippen LogP contribution in [0.15, 0.2) is 18.2 Å². The molecule has 0 radical (unpaired) electrons. The number of thiophene rings is 1. The molecule has 1 amide bonds. The number of hydrogen-bond donors (Lipinski definition) is 2. The van der Waals surface area contributed by atoms with E-state index in [2.05, 4.69) is 5.32 Å². The van der Waals surface area contributed by atoms with Crippen LogP contribution in [0.4, 0.5) is 0 Å². The Morgan fingerprint density at radius 1 is 1.65 bits per heavy atom. The highest BCUT2D eigenvalue weighted by Gasteiger charge is 2.17. The third kappa shape index (κ3) is 5.35. The van der Waals surface area contributed by atoms with Gasteiger partial charge in [-0.25, -0.2) is 0 Å². The van der Waals surface area contributed by atoms with Gasteiger partial charge >= 0.3 is 0 Å². The van der Waals surface area contributed by atoms with Crippen molar-refractivity contribution in [3.05, 3.63) is 27.4 Å². The average Bonchev–Trinajstić information content (AvgIpc) is 2.70. The highest BCUT2D eigenvalue weighted by atomic mass is 35.5. The summed E-state index contributed by atoms with van der Waals surface area (Å²) in [5.41, 5.74) is -0.851. The molecule has 0 aromatic carbocycles. The average molecular weight is 274 g/mol. The van der Waals surface area contributed by atoms with Crippen LogP contribution in [0.25, 0.3) is 6.08 Å². The fraction of sp³-hybridized carbons (Fsp3) is 0.417. The normalized spacial score (nSPS) is 14.8. The minimum Gasteiger partial charge on any atom is -0.388 e. The molecule has 1 aromatic heterocycles. The van der Waals surface area contributed by atoms with Crippen molar-refractivity contribution in [3.63, 3.8) is 0 Å². The highest BCUT2D eigenvalue weighted by Crippen LogP contribution is 2.22. The number of carbonyl (C=O) groups excluding carboxylic acids is 1. The smallest absolute Gasteiger partial charge is 0.244 e. The van der Waals surface area contributed by atoms with Gasteiger partial charge in [0, 0.05) is 17.5 Å². The second-order valence-electron chi connectivity index (χ2n) is 4.04. The lowest BCUT2D eigenvalue weighted by atomic mass is 10.0. The standard InChI is InChI=1S/C12H16ClNO2S/c1-3-12(2,16)8-14-11(15)7-5-9-4-6-10(13)17-9/h4-7,16H,3,8H2,1-2H3,(H,14,15). The van der Waals surface area contributed by atoms with Gasteiger partial charge in [0.15, 0.2) is 0 Å². The monoisotopic (exact) mass is 273 g/mol. The number of amides is 1. The molecule has 0 saturated carbocycles. The van der Waals surface area contributed by atoms with E-state index in [4.69, 9.17) is 11.6 Å². The van der Waals surface area contributed by atoms with Crippen LogP contribution < -0.4 is 5.32 Å². The quantitative estimate of drug-likeness (QED) is 0.811. The maximum Gasteiger partial charge on any atom is 0.244 e. The Kier molecular flexibility index (Phi) is 5.18. The van der Waals surface area contributed by atoms with Gasteiger partial charge in [-0.1, -0.05) is 18.5 Å². The van der Waals surface area contributed by atoms with Gasteiger partial charge < -0.3 is 10.4 Å². The van der Waals surface area contributed by atoms with Gasteiger partial charge in [-0.2, -0.15) is 0 Å². The summed E-state index contributed by atoms with van der Waals surface area (Å²) in [6.45, 7) is 3.81. The van der Waals surface area contributed by atoms with Crippen molar-refractivity contribution in [3.8, 4) is 0 Å². The van der Waals surface area contributed by atoms with Gasteiger partial charge in [0.1, 0.15) is 0 Å². The van der Waals surface area contributed by atoms with Gasteiger partial charge in [0.05, 0.1) is 9.94 Å². The van der Waals surface area contributed by atoms with Crippen molar-refractivity contribution < 1.29 is 9.90 Å². The predicted molar refractivity (Wildman–Crippen MR) is 72.3 cm³/mol. The number of hydrogen-bond acceptors (Lipinski definition) is 3. The third-order valence-corrected chi connectivity index (χ3v) is 3.59. The Morgan fingerprint density at radius 3 is 2.88 bits per heavy atom. The Hall–Kier alpha value is -0.840. The lowest BCUT2D eigenvalue weighted by Gasteiger charge is -2.20. The maximum absolute atomic E-state index is 11.4. The predicted octanol–water partition coefficient (Wildman–Crippen LogP) is 2.69. The van der Waals surface area contributed by atoms with E-state index in [1.807, 2.05) is 13.0 Å². The Labute approximate surface area is 110 Å². The largest absolute Gasteiger partial charge is 0.388 e. The fourth-order valence-electron chi connectivity index (χ4n) is 1.04. The maximum atomic E-state index is 11.4. The van der Waals surface area contributed by atoms with Gasteiger partial charge in [0.2, 0.25) is 5.91 Å². The molecule has 17 heavy (non-hydrogen) atoms. The van der Waals surface area contributed by atoms with Gasteiger partial charge in [-0.05, 0) is 31.6 Å². The van der Waals surface area contributed by atoms with Crippen molar-refractivity contribution in [1.29, 1.82) is 0 Å². The highest BCUT2D eigenvalue weighted by molar-refractivity contribution is 7.17. The third-order valence-electron chi connectivity index (χ3n) is 2.40. The van der Waals surface area contributed by atoms with Crippen LogP contribution >= 0.6 is 22.9 Å². The Balaban J connectivity index is 2.42. The molecule has 0 aliphatic rings. The number of halogens is 1. The van der Waals surface area contributed by atoms with Gasteiger partial charge in [-0.3, -0.25) is 4.79 Å². The lowest BCUT2D eigenvalue weighted by molar-refractivity contribution is -0.117. The molecule has 0 saturated heterocycles. The summed E-state index contributed by atoms with van der Waals surface area (Å²) >= 11 is 7.17. The molecule has 0 aliphatic carbocycles. The first-order chi connectivity index (χ1) is 7.93. The van der Waals surface area contributed by atoms with E-state index in [0.717, 1.165) is 4.88 Å². The minimum atomic E-state index is -0.851. The number of carbonyl (C=O) groups is 1. The van der Waals surface area contributed by atoms with E-state index in [-0.39, 0.29) is 12.5 Å². The van der Waals surface area contributed by atoms with E-state index >= 15 is 0 Å². The van der Waals surface area contributed by atoms with Crippen LogP contribution in [0.1, 0.15) is 25.1 Å². The zero-order valence-electron chi connectivity index (χ0n) is 9.87. The molecule has 3 nitrogen and oxygen atoms in total. The second-order valence-corrected chi connectivity index (χ2v) is 5.79. The Bertz CT molecular complexity index is 412. The Morgan fingerprint density at radius 2 is 2.35 bits per heavy atom. The molecule has 0 aliphatic heterocycles. The number of nitrogens with one attached hydrogen (secondary N) is 1. The number of rotatable bonds is 5. The second kappa shape index (κ2) is 6.19. The van der Waals surface area contributed by atoms with Crippen LogP contribution in [0.5, 0.6) is 0 Å². The van der Waals surface area contributed by atoms with E-state index in [9.17, 15) is 9.90 Å².